The summed E-state index contributed by atoms with van der Waals surface area (Å²) in [5.74, 6) is -0.204. The topological polar surface area (TPSA) is 34.4 Å². The molecule has 0 saturated carbocycles. The van der Waals surface area contributed by atoms with E-state index in [1.165, 1.54) is 21.7 Å². The Labute approximate surface area is 172 Å². The summed E-state index contributed by atoms with van der Waals surface area (Å²) in [6, 6.07) is 15.9. The van der Waals surface area contributed by atoms with Gasteiger partial charge in [0.1, 0.15) is 0 Å². The lowest BCUT2D eigenvalue weighted by atomic mass is 10.1. The van der Waals surface area contributed by atoms with E-state index >= 15 is 0 Å². The minimum atomic E-state index is -0.204. The fourth-order valence-corrected chi connectivity index (χ4v) is 4.58. The maximum absolute atomic E-state index is 12.7. The van der Waals surface area contributed by atoms with Crippen LogP contribution >= 0.6 is 27.3 Å². The van der Waals surface area contributed by atoms with Crippen LogP contribution < -0.4 is 4.80 Å². The number of amides is 1. The lowest BCUT2D eigenvalue weighted by molar-refractivity contribution is 0.0998. The number of nitrogens with zero attached hydrogens (tertiary/aromatic N) is 2. The van der Waals surface area contributed by atoms with Crippen LogP contribution in [0.15, 0.2) is 58.0 Å². The first-order chi connectivity index (χ1) is 13.0. The van der Waals surface area contributed by atoms with Gasteiger partial charge < -0.3 is 4.57 Å². The largest absolute Gasteiger partial charge is 0.316 e. The summed E-state index contributed by atoms with van der Waals surface area (Å²) in [5, 5.41) is 0. The van der Waals surface area contributed by atoms with Gasteiger partial charge in [0.2, 0.25) is 0 Å². The number of hydrogen-bond acceptors (Lipinski definition) is 2. The second-order valence-corrected chi connectivity index (χ2v) is 8.42. The Hall–Kier alpha value is -1.98. The monoisotopic (exact) mass is 442 g/mol. The Morgan fingerprint density at radius 2 is 1.74 bits per heavy atom. The zero-order valence-corrected chi connectivity index (χ0v) is 18.2. The molecular formula is C22H23BrN2OS. The highest BCUT2D eigenvalue weighted by atomic mass is 79.9. The fraction of sp³-hybridized carbons (Fsp3) is 0.273. The molecule has 1 aromatic heterocycles. The molecule has 0 fully saturated rings. The maximum Gasteiger partial charge on any atom is 0.279 e. The quantitative estimate of drug-likeness (QED) is 0.476. The highest BCUT2D eigenvalue weighted by Gasteiger charge is 2.15. The average Bonchev–Trinajstić information content (AvgIpc) is 3.00. The molecule has 27 heavy (non-hydrogen) atoms. The van der Waals surface area contributed by atoms with E-state index < -0.39 is 0 Å². The maximum atomic E-state index is 12.7. The number of carbonyl (C=O) groups excluding carboxylic acids is 1. The summed E-state index contributed by atoms with van der Waals surface area (Å²) < 4.78 is 3.11. The number of thiazole rings is 1. The molecule has 1 amide bonds. The van der Waals surface area contributed by atoms with E-state index in [0.29, 0.717) is 5.56 Å². The van der Waals surface area contributed by atoms with Crippen molar-refractivity contribution in [3.05, 3.63) is 73.8 Å². The third-order valence-corrected chi connectivity index (χ3v) is 6.05. The molecule has 1 heterocycles. The average molecular weight is 443 g/mol. The van der Waals surface area contributed by atoms with Crippen molar-refractivity contribution in [2.45, 2.75) is 40.2 Å². The van der Waals surface area contributed by atoms with Gasteiger partial charge in [-0.2, -0.15) is 4.99 Å². The van der Waals surface area contributed by atoms with Gasteiger partial charge in [0.05, 0.1) is 5.69 Å². The van der Waals surface area contributed by atoms with Crippen LogP contribution in [0.5, 0.6) is 0 Å². The van der Waals surface area contributed by atoms with Gasteiger partial charge in [0.25, 0.3) is 5.91 Å². The lowest BCUT2D eigenvalue weighted by Gasteiger charge is -2.09. The summed E-state index contributed by atoms with van der Waals surface area (Å²) in [6.45, 7) is 7.15. The molecule has 0 bridgehead atoms. The summed E-state index contributed by atoms with van der Waals surface area (Å²) in [7, 11) is 0. The molecule has 0 saturated heterocycles. The Morgan fingerprint density at radius 3 is 2.33 bits per heavy atom. The van der Waals surface area contributed by atoms with Crippen molar-refractivity contribution in [2.24, 2.45) is 4.99 Å². The molecule has 3 aromatic rings. The van der Waals surface area contributed by atoms with E-state index in [9.17, 15) is 4.79 Å². The minimum Gasteiger partial charge on any atom is -0.316 e. The van der Waals surface area contributed by atoms with Gasteiger partial charge in [-0.3, -0.25) is 4.79 Å². The van der Waals surface area contributed by atoms with Gasteiger partial charge >= 0.3 is 0 Å². The number of aryl methyl sites for hydroxylation is 2. The Balaban J connectivity index is 2.13. The van der Waals surface area contributed by atoms with E-state index in [4.69, 9.17) is 0 Å². The first kappa shape index (κ1) is 19.8. The molecule has 0 unspecified atom stereocenters. The molecule has 0 N–H and O–H groups in total. The molecule has 0 aliphatic rings. The van der Waals surface area contributed by atoms with Gasteiger partial charge in [-0.25, -0.2) is 0 Å². The van der Waals surface area contributed by atoms with E-state index in [-0.39, 0.29) is 5.91 Å². The summed E-state index contributed by atoms with van der Waals surface area (Å²) in [5.41, 5.74) is 4.21. The van der Waals surface area contributed by atoms with Crippen molar-refractivity contribution < 1.29 is 4.79 Å². The van der Waals surface area contributed by atoms with E-state index in [0.717, 1.165) is 28.7 Å². The van der Waals surface area contributed by atoms with Gasteiger partial charge in [-0.1, -0.05) is 59.1 Å². The number of halogens is 1. The highest BCUT2D eigenvalue weighted by Crippen LogP contribution is 2.27. The van der Waals surface area contributed by atoms with Crippen LogP contribution in [0.25, 0.3) is 11.3 Å². The number of aromatic nitrogens is 1. The van der Waals surface area contributed by atoms with Crippen LogP contribution in [0.3, 0.4) is 0 Å². The number of hydrogen-bond donors (Lipinski definition) is 0. The summed E-state index contributed by atoms with van der Waals surface area (Å²) >= 11 is 5.03. The molecule has 0 aliphatic heterocycles. The van der Waals surface area contributed by atoms with E-state index in [1.807, 2.05) is 12.1 Å². The van der Waals surface area contributed by atoms with Crippen molar-refractivity contribution in [1.82, 2.24) is 4.57 Å². The van der Waals surface area contributed by atoms with Gasteiger partial charge in [0.15, 0.2) is 4.80 Å². The standard InChI is InChI=1S/C22H23BrN2OS/c1-4-6-19-20(16-9-7-15(3)8-10-16)25(5-2)22(27-19)24-21(26)17-11-13-18(23)14-12-17/h7-14H,4-6H2,1-3H3. The van der Waals surface area contributed by atoms with Crippen molar-refractivity contribution in [2.75, 3.05) is 0 Å². The molecule has 3 nitrogen and oxygen atoms in total. The van der Waals surface area contributed by atoms with Crippen molar-refractivity contribution in [3.8, 4) is 11.3 Å². The first-order valence-corrected chi connectivity index (χ1v) is 10.8. The Morgan fingerprint density at radius 1 is 1.07 bits per heavy atom. The van der Waals surface area contributed by atoms with Gasteiger partial charge in [-0.05, 0) is 50.1 Å². The molecule has 0 radical (unpaired) electrons. The number of benzene rings is 2. The molecule has 140 valence electrons. The second kappa shape index (κ2) is 8.81. The zero-order valence-electron chi connectivity index (χ0n) is 15.8. The summed E-state index contributed by atoms with van der Waals surface area (Å²) in [4.78, 5) is 19.2. The van der Waals surface area contributed by atoms with Crippen molar-refractivity contribution in [1.29, 1.82) is 0 Å². The summed E-state index contributed by atoms with van der Waals surface area (Å²) in [6.07, 6.45) is 2.04. The number of rotatable bonds is 5. The normalized spacial score (nSPS) is 11.8. The van der Waals surface area contributed by atoms with Crippen LogP contribution in [0.1, 0.15) is 41.1 Å². The van der Waals surface area contributed by atoms with Crippen LogP contribution in [0.4, 0.5) is 0 Å². The number of carbonyl (C=O) groups is 1. The zero-order chi connectivity index (χ0) is 19.4. The fourth-order valence-electron chi connectivity index (χ4n) is 3.00. The third kappa shape index (κ3) is 4.47. The Bertz CT molecular complexity index is 998. The molecule has 5 heteroatoms. The molecule has 0 spiro atoms. The SMILES string of the molecule is CCCc1sc(=NC(=O)c2ccc(Br)cc2)n(CC)c1-c1ccc(C)cc1. The van der Waals surface area contributed by atoms with Crippen molar-refractivity contribution in [3.63, 3.8) is 0 Å². The van der Waals surface area contributed by atoms with Gasteiger partial charge in [0, 0.05) is 21.5 Å². The molecule has 3 rings (SSSR count). The molecule has 2 aromatic carbocycles. The van der Waals surface area contributed by atoms with Crippen LogP contribution in [-0.2, 0) is 13.0 Å². The first-order valence-electron chi connectivity index (χ1n) is 9.17. The smallest absolute Gasteiger partial charge is 0.279 e. The highest BCUT2D eigenvalue weighted by molar-refractivity contribution is 9.10. The van der Waals surface area contributed by atoms with Crippen LogP contribution in [-0.4, -0.2) is 10.5 Å². The van der Waals surface area contributed by atoms with Crippen LogP contribution in [0.2, 0.25) is 0 Å². The predicted octanol–water partition coefficient (Wildman–Crippen LogP) is 6.00. The second-order valence-electron chi connectivity index (χ2n) is 6.44. The van der Waals surface area contributed by atoms with E-state index in [1.54, 1.807) is 23.5 Å². The minimum absolute atomic E-state index is 0.204. The van der Waals surface area contributed by atoms with Gasteiger partial charge in [-0.15, -0.1) is 11.3 Å². The van der Waals surface area contributed by atoms with E-state index in [2.05, 4.69) is 70.5 Å². The lowest BCUT2D eigenvalue weighted by Crippen LogP contribution is -2.17. The molecule has 0 aliphatic carbocycles. The molecular weight excluding hydrogens is 420 g/mol. The van der Waals surface area contributed by atoms with Crippen molar-refractivity contribution >= 4 is 33.2 Å². The third-order valence-electron chi connectivity index (χ3n) is 4.39. The van der Waals surface area contributed by atoms with Crippen LogP contribution in [0, 0.1) is 6.92 Å². The molecule has 0 atom stereocenters. The predicted molar refractivity (Wildman–Crippen MR) is 116 cm³/mol. The Kier molecular flexibility index (Phi) is 6.45.